The summed E-state index contributed by atoms with van der Waals surface area (Å²) >= 11 is 0. The molecule has 1 aliphatic heterocycles. The van der Waals surface area contributed by atoms with Crippen molar-refractivity contribution >= 4 is 11.8 Å². The molecule has 1 aromatic rings. The first-order valence-corrected chi connectivity index (χ1v) is 9.85. The summed E-state index contributed by atoms with van der Waals surface area (Å²) in [5.74, 6) is 0.288. The number of Topliss-reactive ketones (excluding diaryl/α,β-unsaturated/α-hetero) is 1. The minimum absolute atomic E-state index is 0.0523. The van der Waals surface area contributed by atoms with Crippen molar-refractivity contribution in [2.75, 3.05) is 20.8 Å². The smallest absolute Gasteiger partial charge is 0.336 e. The Kier molecular flexibility index (Phi) is 5.73. The molecule has 1 aromatic carbocycles. The zero-order valence-corrected chi connectivity index (χ0v) is 18.0. The minimum atomic E-state index is -0.507. The van der Waals surface area contributed by atoms with Crippen molar-refractivity contribution < 1.29 is 23.8 Å². The number of hydrogen-bond donors (Lipinski definition) is 1. The van der Waals surface area contributed by atoms with Gasteiger partial charge in [0.15, 0.2) is 17.3 Å². The van der Waals surface area contributed by atoms with Crippen LogP contribution < -0.4 is 14.8 Å². The number of esters is 1. The van der Waals surface area contributed by atoms with Gasteiger partial charge < -0.3 is 19.5 Å². The Morgan fingerprint density at radius 3 is 2.55 bits per heavy atom. The van der Waals surface area contributed by atoms with E-state index >= 15 is 0 Å². The van der Waals surface area contributed by atoms with E-state index in [9.17, 15) is 9.59 Å². The SMILES string of the molecule is CCOc1cc([C@@H]2C(C(=O)OC)=C(C)NC3=C2C(=O)CC(C)(C)C3)ccc1OC. The monoisotopic (exact) mass is 399 g/mol. The standard InChI is InChI=1S/C23H29NO5/c1-7-29-18-10-14(8-9-17(18)27-5)20-19(22(26)28-6)13(2)24-15-11-23(3,4)12-16(25)21(15)20/h8-10,20,24H,7,11-12H2,1-6H3/t20-/m1/s1. The molecule has 3 rings (SSSR count). The van der Waals surface area contributed by atoms with Crippen LogP contribution in [0.25, 0.3) is 0 Å². The first-order valence-electron chi connectivity index (χ1n) is 9.85. The molecule has 0 spiro atoms. The van der Waals surface area contributed by atoms with Crippen LogP contribution in [0.4, 0.5) is 0 Å². The van der Waals surface area contributed by atoms with Gasteiger partial charge in [-0.15, -0.1) is 0 Å². The molecule has 0 saturated carbocycles. The van der Waals surface area contributed by atoms with E-state index in [0.29, 0.717) is 41.4 Å². The maximum Gasteiger partial charge on any atom is 0.336 e. The van der Waals surface area contributed by atoms with Crippen molar-refractivity contribution in [3.8, 4) is 11.5 Å². The van der Waals surface area contributed by atoms with E-state index in [-0.39, 0.29) is 11.2 Å². The van der Waals surface area contributed by atoms with E-state index in [1.165, 1.54) is 7.11 Å². The number of carbonyl (C=O) groups is 2. The number of ketones is 1. The Labute approximate surface area is 171 Å². The maximum absolute atomic E-state index is 13.2. The van der Waals surface area contributed by atoms with Gasteiger partial charge in [-0.1, -0.05) is 19.9 Å². The number of dihydropyridines is 1. The summed E-state index contributed by atoms with van der Waals surface area (Å²) in [6.45, 7) is 8.39. The van der Waals surface area contributed by atoms with Crippen LogP contribution >= 0.6 is 0 Å². The molecule has 29 heavy (non-hydrogen) atoms. The van der Waals surface area contributed by atoms with Gasteiger partial charge in [-0.25, -0.2) is 4.79 Å². The van der Waals surface area contributed by atoms with E-state index in [1.807, 2.05) is 32.0 Å². The summed E-state index contributed by atoms with van der Waals surface area (Å²) in [5, 5.41) is 3.31. The molecule has 1 aliphatic carbocycles. The highest BCUT2D eigenvalue weighted by Crippen LogP contribution is 2.47. The van der Waals surface area contributed by atoms with Gasteiger partial charge in [0.2, 0.25) is 0 Å². The van der Waals surface area contributed by atoms with E-state index in [1.54, 1.807) is 7.11 Å². The van der Waals surface area contributed by atoms with Crippen LogP contribution in [0.3, 0.4) is 0 Å². The van der Waals surface area contributed by atoms with Crippen LogP contribution in [0.2, 0.25) is 0 Å². The second kappa shape index (κ2) is 7.93. The van der Waals surface area contributed by atoms with Gasteiger partial charge in [0.1, 0.15) is 0 Å². The van der Waals surface area contributed by atoms with Crippen molar-refractivity contribution in [1.29, 1.82) is 0 Å². The van der Waals surface area contributed by atoms with Gasteiger partial charge in [-0.05, 0) is 43.4 Å². The number of benzene rings is 1. The lowest BCUT2D eigenvalue weighted by atomic mass is 9.68. The molecule has 2 aliphatic rings. The lowest BCUT2D eigenvalue weighted by Crippen LogP contribution is -2.38. The maximum atomic E-state index is 13.2. The number of hydrogen-bond acceptors (Lipinski definition) is 6. The van der Waals surface area contributed by atoms with Gasteiger partial charge in [0.05, 0.1) is 26.4 Å². The first-order chi connectivity index (χ1) is 13.7. The third-order valence-electron chi connectivity index (χ3n) is 5.47. The molecular weight excluding hydrogens is 370 g/mol. The highest BCUT2D eigenvalue weighted by atomic mass is 16.5. The van der Waals surface area contributed by atoms with Crippen molar-refractivity contribution in [1.82, 2.24) is 5.32 Å². The fourth-order valence-electron chi connectivity index (χ4n) is 4.29. The average Bonchev–Trinajstić information content (AvgIpc) is 2.65. The molecule has 0 bridgehead atoms. The molecule has 0 saturated heterocycles. The second-order valence-corrected chi connectivity index (χ2v) is 8.26. The number of rotatable bonds is 5. The Balaban J connectivity index is 2.21. The predicted molar refractivity (Wildman–Crippen MR) is 110 cm³/mol. The largest absolute Gasteiger partial charge is 0.493 e. The molecule has 0 fully saturated rings. The topological polar surface area (TPSA) is 73.9 Å². The number of nitrogens with one attached hydrogen (secondary N) is 1. The van der Waals surface area contributed by atoms with Crippen molar-refractivity contribution in [3.05, 3.63) is 46.3 Å². The molecule has 0 unspecified atom stereocenters. The zero-order chi connectivity index (χ0) is 21.3. The fraction of sp³-hybridized carbons (Fsp3) is 0.478. The fourth-order valence-corrected chi connectivity index (χ4v) is 4.29. The van der Waals surface area contributed by atoms with Gasteiger partial charge >= 0.3 is 5.97 Å². The highest BCUT2D eigenvalue weighted by molar-refractivity contribution is 6.04. The average molecular weight is 399 g/mol. The van der Waals surface area contributed by atoms with Crippen LogP contribution in [0.15, 0.2) is 40.7 Å². The lowest BCUT2D eigenvalue weighted by molar-refractivity contribution is -0.136. The molecule has 6 nitrogen and oxygen atoms in total. The van der Waals surface area contributed by atoms with E-state index in [4.69, 9.17) is 14.2 Å². The number of carbonyl (C=O) groups excluding carboxylic acids is 2. The lowest BCUT2D eigenvalue weighted by Gasteiger charge is -2.39. The number of ether oxygens (including phenoxy) is 3. The summed E-state index contributed by atoms with van der Waals surface area (Å²) in [4.78, 5) is 25.9. The number of allylic oxidation sites excluding steroid dienone is 3. The summed E-state index contributed by atoms with van der Waals surface area (Å²) < 4.78 is 16.2. The molecule has 0 radical (unpaired) electrons. The Bertz CT molecular complexity index is 910. The van der Waals surface area contributed by atoms with Gasteiger partial charge in [-0.3, -0.25) is 4.79 Å². The van der Waals surface area contributed by atoms with E-state index < -0.39 is 11.9 Å². The first kappa shape index (κ1) is 21.0. The molecule has 1 N–H and O–H groups in total. The molecule has 6 heteroatoms. The van der Waals surface area contributed by atoms with Crippen LogP contribution in [-0.4, -0.2) is 32.6 Å². The highest BCUT2D eigenvalue weighted by Gasteiger charge is 2.43. The van der Waals surface area contributed by atoms with Gasteiger partial charge in [0.25, 0.3) is 0 Å². The molecule has 0 amide bonds. The molecule has 1 atom stereocenters. The normalized spacial score (nSPS) is 20.8. The Morgan fingerprint density at radius 1 is 1.21 bits per heavy atom. The van der Waals surface area contributed by atoms with E-state index in [2.05, 4.69) is 19.2 Å². The predicted octanol–water partition coefficient (Wildman–Crippen LogP) is 3.87. The second-order valence-electron chi connectivity index (χ2n) is 8.26. The minimum Gasteiger partial charge on any atom is -0.493 e. The molecule has 0 aromatic heterocycles. The third kappa shape index (κ3) is 3.88. The zero-order valence-electron chi connectivity index (χ0n) is 18.0. The van der Waals surface area contributed by atoms with Crippen LogP contribution in [-0.2, 0) is 14.3 Å². The van der Waals surface area contributed by atoms with Gasteiger partial charge in [-0.2, -0.15) is 0 Å². The van der Waals surface area contributed by atoms with Crippen molar-refractivity contribution in [2.45, 2.75) is 46.5 Å². The van der Waals surface area contributed by atoms with Crippen LogP contribution in [0.1, 0.15) is 52.0 Å². The van der Waals surface area contributed by atoms with Crippen molar-refractivity contribution in [3.63, 3.8) is 0 Å². The van der Waals surface area contributed by atoms with E-state index in [0.717, 1.165) is 17.7 Å². The molecule has 1 heterocycles. The number of methoxy groups -OCH3 is 2. The summed E-state index contributed by atoms with van der Waals surface area (Å²) in [6.07, 6.45) is 1.18. The van der Waals surface area contributed by atoms with Gasteiger partial charge in [0, 0.05) is 29.3 Å². The summed E-state index contributed by atoms with van der Waals surface area (Å²) in [7, 11) is 2.94. The Morgan fingerprint density at radius 2 is 1.93 bits per heavy atom. The third-order valence-corrected chi connectivity index (χ3v) is 5.47. The summed E-state index contributed by atoms with van der Waals surface area (Å²) in [6, 6.07) is 5.54. The van der Waals surface area contributed by atoms with Crippen LogP contribution in [0, 0.1) is 5.41 Å². The molecular formula is C23H29NO5. The Hall–Kier alpha value is -2.76. The van der Waals surface area contributed by atoms with Crippen LogP contribution in [0.5, 0.6) is 11.5 Å². The quantitative estimate of drug-likeness (QED) is 0.758. The van der Waals surface area contributed by atoms with Crippen molar-refractivity contribution in [2.24, 2.45) is 5.41 Å². The molecule has 156 valence electrons. The summed E-state index contributed by atoms with van der Waals surface area (Å²) in [5.41, 5.74) is 3.35.